The van der Waals surface area contributed by atoms with E-state index in [0.29, 0.717) is 32.2 Å². The molecule has 16 heteroatoms. The molecule has 2 aliphatic heterocycles. The van der Waals surface area contributed by atoms with E-state index in [1.54, 1.807) is 0 Å². The van der Waals surface area contributed by atoms with Crippen LogP contribution in [0, 0.1) is 0 Å². The van der Waals surface area contributed by atoms with Crippen molar-refractivity contribution >= 4 is 11.8 Å². The molecule has 0 radical (unpaired) electrons. The lowest BCUT2D eigenvalue weighted by atomic mass is 9.99. The molecule has 0 aromatic carbocycles. The van der Waals surface area contributed by atoms with Crippen LogP contribution in [0.2, 0.25) is 0 Å². The molecule has 44 heavy (non-hydrogen) atoms. The molecular formula is C28H52N2O14. The highest BCUT2D eigenvalue weighted by atomic mass is 16.7. The van der Waals surface area contributed by atoms with Crippen molar-refractivity contribution in [2.75, 3.05) is 33.0 Å². The molecule has 2 saturated heterocycles. The molecule has 2 amide bonds. The molecule has 0 aliphatic carbocycles. The normalized spacial score (nSPS) is 33.1. The lowest BCUT2D eigenvalue weighted by molar-refractivity contribution is -0.301. The Bertz CT molecular complexity index is 821. The van der Waals surface area contributed by atoms with Crippen molar-refractivity contribution in [3.05, 3.63) is 0 Å². The fraction of sp³-hybridized carbons (Fsp3) is 0.929. The minimum Gasteiger partial charge on any atom is -0.394 e. The van der Waals surface area contributed by atoms with Crippen molar-refractivity contribution < 1.29 is 69.4 Å². The van der Waals surface area contributed by atoms with Crippen LogP contribution in [0.1, 0.15) is 64.7 Å². The van der Waals surface area contributed by atoms with Crippen LogP contribution < -0.4 is 10.6 Å². The molecule has 258 valence electrons. The fourth-order valence-electron chi connectivity index (χ4n) is 4.90. The van der Waals surface area contributed by atoms with Gasteiger partial charge >= 0.3 is 0 Å². The number of rotatable bonds is 20. The van der Waals surface area contributed by atoms with Crippen molar-refractivity contribution in [1.82, 2.24) is 10.6 Å². The summed E-state index contributed by atoms with van der Waals surface area (Å²) in [6, 6.07) is -0.0349. The maximum Gasteiger partial charge on any atom is 0.220 e. The summed E-state index contributed by atoms with van der Waals surface area (Å²) in [6.07, 6.45) is -8.26. The Hall–Kier alpha value is -1.54. The number of carbonyl (C=O) groups excluding carboxylic acids is 2. The topological polar surface area (TPSA) is 257 Å². The third-order valence-electron chi connectivity index (χ3n) is 7.65. The molecule has 11 atom stereocenters. The molecular weight excluding hydrogens is 588 g/mol. The van der Waals surface area contributed by atoms with Crippen LogP contribution in [0.5, 0.6) is 0 Å². The van der Waals surface area contributed by atoms with Gasteiger partial charge in [-0.05, 0) is 51.9 Å². The van der Waals surface area contributed by atoms with Crippen LogP contribution in [0.4, 0.5) is 0 Å². The molecule has 16 nitrogen and oxygen atoms in total. The first-order valence-corrected chi connectivity index (χ1v) is 15.4. The van der Waals surface area contributed by atoms with Gasteiger partial charge in [-0.25, -0.2) is 0 Å². The number of hydrogen-bond donors (Lipinski definition) is 10. The number of carbonyl (C=O) groups is 2. The second kappa shape index (κ2) is 20.6. The molecule has 10 N–H and O–H groups in total. The van der Waals surface area contributed by atoms with Gasteiger partial charge in [0.15, 0.2) is 12.6 Å². The van der Waals surface area contributed by atoms with Gasteiger partial charge in [-0.2, -0.15) is 0 Å². The molecule has 2 rings (SSSR count). The van der Waals surface area contributed by atoms with E-state index in [2.05, 4.69) is 10.6 Å². The summed E-state index contributed by atoms with van der Waals surface area (Å²) in [7, 11) is 0. The van der Waals surface area contributed by atoms with Crippen LogP contribution in [0.25, 0.3) is 0 Å². The lowest BCUT2D eigenvalue weighted by Gasteiger charge is -2.39. The van der Waals surface area contributed by atoms with E-state index in [1.165, 1.54) is 0 Å². The zero-order chi connectivity index (χ0) is 32.6. The van der Waals surface area contributed by atoms with Gasteiger partial charge < -0.3 is 70.4 Å². The van der Waals surface area contributed by atoms with Gasteiger partial charge in [-0.3, -0.25) is 9.59 Å². The maximum absolute atomic E-state index is 12.2. The predicted octanol–water partition coefficient (Wildman–Crippen LogP) is -3.25. The van der Waals surface area contributed by atoms with Crippen molar-refractivity contribution in [1.29, 1.82) is 0 Å². The van der Waals surface area contributed by atoms with Crippen LogP contribution in [-0.2, 0) is 28.5 Å². The van der Waals surface area contributed by atoms with E-state index in [9.17, 15) is 50.4 Å². The Balaban J connectivity index is 1.44. The molecule has 2 heterocycles. The van der Waals surface area contributed by atoms with Gasteiger partial charge in [-0.15, -0.1) is 0 Å². The minimum absolute atomic E-state index is 0.0349. The summed E-state index contributed by atoms with van der Waals surface area (Å²) in [5, 5.41) is 83.2. The number of ether oxygens (including phenoxy) is 4. The molecule has 0 spiro atoms. The smallest absolute Gasteiger partial charge is 0.220 e. The van der Waals surface area contributed by atoms with Gasteiger partial charge in [0.05, 0.1) is 13.2 Å². The lowest BCUT2D eigenvalue weighted by Crippen LogP contribution is -2.59. The van der Waals surface area contributed by atoms with Crippen LogP contribution in [-0.4, -0.2) is 153 Å². The first-order valence-electron chi connectivity index (χ1n) is 15.4. The van der Waals surface area contributed by atoms with Crippen molar-refractivity contribution in [3.8, 4) is 0 Å². The van der Waals surface area contributed by atoms with E-state index in [-0.39, 0.29) is 43.9 Å². The summed E-state index contributed by atoms with van der Waals surface area (Å²) >= 11 is 0. The van der Waals surface area contributed by atoms with Gasteiger partial charge in [0.1, 0.15) is 48.8 Å². The first-order chi connectivity index (χ1) is 21.0. The zero-order valence-corrected chi connectivity index (χ0v) is 25.3. The van der Waals surface area contributed by atoms with Crippen molar-refractivity contribution in [2.24, 2.45) is 0 Å². The molecule has 0 aromatic rings. The average Bonchev–Trinajstić information content (AvgIpc) is 3.00. The quantitative estimate of drug-likeness (QED) is 0.0587. The molecule has 0 saturated carbocycles. The SMILES string of the molecule is CC(CCCCNC(=O)CCCCOC1OC(CO)[C@H](O)C(O)C1O)NC(=O)CCCCOC1OC(CO)C(O)[C@@H](O)C1O. The predicted molar refractivity (Wildman–Crippen MR) is 152 cm³/mol. The number of aliphatic hydroxyl groups excluding tert-OH is 8. The van der Waals surface area contributed by atoms with Gasteiger partial charge in [0.25, 0.3) is 0 Å². The van der Waals surface area contributed by atoms with Gasteiger partial charge in [0.2, 0.25) is 11.8 Å². The highest BCUT2D eigenvalue weighted by Gasteiger charge is 2.45. The minimum atomic E-state index is -1.50. The fourth-order valence-corrected chi connectivity index (χ4v) is 4.90. The number of unbranched alkanes of at least 4 members (excludes halogenated alkanes) is 3. The number of nitrogens with one attached hydrogen (secondary N) is 2. The first kappa shape index (κ1) is 38.6. The Kier molecular flexibility index (Phi) is 18.1. The Morgan fingerprint density at radius 2 is 1.14 bits per heavy atom. The third kappa shape index (κ3) is 12.7. The Morgan fingerprint density at radius 3 is 1.61 bits per heavy atom. The monoisotopic (exact) mass is 640 g/mol. The van der Waals surface area contributed by atoms with Crippen molar-refractivity contribution in [2.45, 2.75) is 132 Å². The van der Waals surface area contributed by atoms with E-state index in [0.717, 1.165) is 19.3 Å². The van der Waals surface area contributed by atoms with E-state index in [1.807, 2.05) is 6.92 Å². The van der Waals surface area contributed by atoms with E-state index < -0.39 is 74.6 Å². The second-order valence-electron chi connectivity index (χ2n) is 11.4. The van der Waals surface area contributed by atoms with E-state index in [4.69, 9.17) is 18.9 Å². The molecule has 0 bridgehead atoms. The summed E-state index contributed by atoms with van der Waals surface area (Å²) < 4.78 is 21.4. The standard InChI is InChI=1S/C28H52N2O14/c1-16(30-20(34)10-4-7-13-42-28-26(40)24(38)22(36)18(15-32)44-28)8-2-5-11-29-19(33)9-3-6-12-41-27-25(39)23(37)21(35)17(14-31)43-27/h16-18,21-28,31-32,35-40H,2-15H2,1H3,(H,29,33)(H,30,34)/t16?,17?,18?,21-,22?,23?,24+,25?,26?,27?,28?/m0/s1. The van der Waals surface area contributed by atoms with Gasteiger partial charge in [0, 0.05) is 38.6 Å². The Labute approximate surface area is 257 Å². The number of hydrogen-bond acceptors (Lipinski definition) is 14. The zero-order valence-electron chi connectivity index (χ0n) is 25.3. The number of amides is 2. The highest BCUT2D eigenvalue weighted by molar-refractivity contribution is 5.76. The summed E-state index contributed by atoms with van der Waals surface area (Å²) in [5.74, 6) is -0.205. The molecule has 9 unspecified atom stereocenters. The average molecular weight is 641 g/mol. The van der Waals surface area contributed by atoms with Crippen molar-refractivity contribution in [3.63, 3.8) is 0 Å². The van der Waals surface area contributed by atoms with Gasteiger partial charge in [-0.1, -0.05) is 0 Å². The van der Waals surface area contributed by atoms with Crippen LogP contribution in [0.3, 0.4) is 0 Å². The van der Waals surface area contributed by atoms with Crippen LogP contribution in [0.15, 0.2) is 0 Å². The summed E-state index contributed by atoms with van der Waals surface area (Å²) in [4.78, 5) is 24.2. The molecule has 2 fully saturated rings. The largest absolute Gasteiger partial charge is 0.394 e. The highest BCUT2D eigenvalue weighted by Crippen LogP contribution is 2.23. The molecule has 2 aliphatic rings. The second-order valence-corrected chi connectivity index (χ2v) is 11.4. The Morgan fingerprint density at radius 1 is 0.659 bits per heavy atom. The number of aliphatic hydroxyl groups is 8. The third-order valence-corrected chi connectivity index (χ3v) is 7.65. The molecule has 0 aromatic heterocycles. The summed E-state index contributed by atoms with van der Waals surface area (Å²) in [5.41, 5.74) is 0. The summed E-state index contributed by atoms with van der Waals surface area (Å²) in [6.45, 7) is 1.68. The van der Waals surface area contributed by atoms with E-state index >= 15 is 0 Å². The van der Waals surface area contributed by atoms with Crippen LogP contribution >= 0.6 is 0 Å². The maximum atomic E-state index is 12.2.